The van der Waals surface area contributed by atoms with E-state index in [1.165, 1.54) is 27.6 Å². The fourth-order valence-corrected chi connectivity index (χ4v) is 4.67. The van der Waals surface area contributed by atoms with Gasteiger partial charge in [0.1, 0.15) is 17.0 Å². The van der Waals surface area contributed by atoms with Crippen molar-refractivity contribution in [1.29, 1.82) is 0 Å². The van der Waals surface area contributed by atoms with E-state index in [9.17, 15) is 9.90 Å². The molecule has 0 saturated heterocycles. The van der Waals surface area contributed by atoms with Crippen LogP contribution in [0, 0.1) is 0 Å². The number of alkyl halides is 1. The second kappa shape index (κ2) is 7.56. The van der Waals surface area contributed by atoms with Gasteiger partial charge in [-0.2, -0.15) is 0 Å². The SMILES string of the molecule is COc1cc2cc(C(=O)N3CC(Cl)Cc4c3cc(O)c3ccoc43)[nH]c2c(OC)c1OC. The molecule has 0 spiro atoms. The number of furan rings is 1. The summed E-state index contributed by atoms with van der Waals surface area (Å²) < 4.78 is 22.0. The lowest BCUT2D eigenvalue weighted by Crippen LogP contribution is -2.40. The summed E-state index contributed by atoms with van der Waals surface area (Å²) in [5.74, 6) is 1.11. The zero-order valence-corrected chi connectivity index (χ0v) is 18.4. The average Bonchev–Trinajstić information content (AvgIpc) is 3.45. The monoisotopic (exact) mass is 456 g/mol. The summed E-state index contributed by atoms with van der Waals surface area (Å²) >= 11 is 6.52. The number of ether oxygens (including phenoxy) is 3. The lowest BCUT2D eigenvalue weighted by Gasteiger charge is -2.32. The third-order valence-corrected chi connectivity index (χ3v) is 6.08. The predicted octanol–water partition coefficient (Wildman–Crippen LogP) is 4.46. The first-order chi connectivity index (χ1) is 15.5. The number of nitrogens with zero attached hydrogens (tertiary/aromatic N) is 1. The van der Waals surface area contributed by atoms with Crippen molar-refractivity contribution in [3.05, 3.63) is 41.8 Å². The smallest absolute Gasteiger partial charge is 0.274 e. The Morgan fingerprint density at radius 1 is 1.19 bits per heavy atom. The fourth-order valence-electron chi connectivity index (χ4n) is 4.37. The number of rotatable bonds is 4. The summed E-state index contributed by atoms with van der Waals surface area (Å²) in [6.07, 6.45) is 2.04. The maximum atomic E-state index is 13.6. The van der Waals surface area contributed by atoms with Gasteiger partial charge in [0.2, 0.25) is 5.75 Å². The van der Waals surface area contributed by atoms with Crippen LogP contribution in [0.5, 0.6) is 23.0 Å². The predicted molar refractivity (Wildman–Crippen MR) is 121 cm³/mol. The molecule has 32 heavy (non-hydrogen) atoms. The number of aromatic amines is 1. The van der Waals surface area contributed by atoms with Crippen LogP contribution in [0.15, 0.2) is 34.9 Å². The van der Waals surface area contributed by atoms with Crippen LogP contribution in [-0.2, 0) is 6.42 Å². The van der Waals surface area contributed by atoms with E-state index >= 15 is 0 Å². The van der Waals surface area contributed by atoms with E-state index in [4.69, 9.17) is 30.2 Å². The molecule has 3 heterocycles. The molecule has 2 aromatic carbocycles. The maximum absolute atomic E-state index is 13.6. The van der Waals surface area contributed by atoms with E-state index < -0.39 is 0 Å². The van der Waals surface area contributed by atoms with Gasteiger partial charge in [0.25, 0.3) is 5.91 Å². The number of benzene rings is 2. The molecule has 1 aliphatic rings. The number of nitrogens with one attached hydrogen (secondary N) is 1. The Kier molecular flexibility index (Phi) is 4.82. The number of amides is 1. The minimum absolute atomic E-state index is 0.0473. The molecule has 4 aromatic rings. The normalized spacial score (nSPS) is 15.8. The van der Waals surface area contributed by atoms with Crippen LogP contribution >= 0.6 is 11.6 Å². The molecule has 9 heteroatoms. The van der Waals surface area contributed by atoms with Gasteiger partial charge in [-0.05, 0) is 24.6 Å². The number of hydrogen-bond donors (Lipinski definition) is 2. The van der Waals surface area contributed by atoms with Gasteiger partial charge in [0, 0.05) is 23.6 Å². The molecule has 2 aromatic heterocycles. The molecule has 1 amide bonds. The van der Waals surface area contributed by atoms with Crippen LogP contribution in [-0.4, -0.2) is 49.2 Å². The average molecular weight is 457 g/mol. The van der Waals surface area contributed by atoms with Gasteiger partial charge in [0.05, 0.1) is 49.6 Å². The first-order valence-electron chi connectivity index (χ1n) is 9.96. The highest BCUT2D eigenvalue weighted by molar-refractivity contribution is 6.22. The number of anilines is 1. The topological polar surface area (TPSA) is 97.2 Å². The van der Waals surface area contributed by atoms with Gasteiger partial charge < -0.3 is 33.6 Å². The van der Waals surface area contributed by atoms with E-state index in [1.807, 2.05) is 0 Å². The number of halogens is 1. The number of carbonyl (C=O) groups excluding carboxylic acids is 1. The Balaban J connectivity index is 1.64. The van der Waals surface area contributed by atoms with E-state index in [0.29, 0.717) is 51.5 Å². The number of aromatic nitrogens is 1. The minimum atomic E-state index is -0.302. The summed E-state index contributed by atoms with van der Waals surface area (Å²) in [5.41, 5.74) is 2.85. The Hall–Kier alpha value is -3.52. The van der Waals surface area contributed by atoms with E-state index in [-0.39, 0.29) is 23.6 Å². The third-order valence-electron chi connectivity index (χ3n) is 5.79. The number of aromatic hydroxyl groups is 1. The van der Waals surface area contributed by atoms with Gasteiger partial charge in [-0.15, -0.1) is 11.6 Å². The minimum Gasteiger partial charge on any atom is -0.507 e. The summed E-state index contributed by atoms with van der Waals surface area (Å²) in [6.45, 7) is 0.290. The zero-order valence-electron chi connectivity index (χ0n) is 17.7. The van der Waals surface area contributed by atoms with Crippen molar-refractivity contribution in [1.82, 2.24) is 4.98 Å². The molecule has 0 fully saturated rings. The molecule has 0 bridgehead atoms. The van der Waals surface area contributed by atoms with Crippen LogP contribution in [0.1, 0.15) is 16.1 Å². The highest BCUT2D eigenvalue weighted by Gasteiger charge is 2.32. The molecule has 1 atom stereocenters. The van der Waals surface area contributed by atoms with Crippen LogP contribution in [0.25, 0.3) is 21.9 Å². The highest BCUT2D eigenvalue weighted by Crippen LogP contribution is 2.44. The Labute approximate surface area is 188 Å². The molecule has 166 valence electrons. The number of phenols is 1. The number of carbonyl (C=O) groups is 1. The molecule has 2 N–H and O–H groups in total. The summed E-state index contributed by atoms with van der Waals surface area (Å²) in [7, 11) is 4.58. The maximum Gasteiger partial charge on any atom is 0.274 e. The lowest BCUT2D eigenvalue weighted by molar-refractivity contribution is 0.0981. The van der Waals surface area contributed by atoms with Crippen molar-refractivity contribution >= 4 is 45.1 Å². The van der Waals surface area contributed by atoms with Gasteiger partial charge in [-0.25, -0.2) is 0 Å². The number of fused-ring (bicyclic) bond motifs is 4. The summed E-state index contributed by atoms with van der Waals surface area (Å²) in [5, 5.41) is 11.5. The molecule has 8 nitrogen and oxygen atoms in total. The first-order valence-corrected chi connectivity index (χ1v) is 10.4. The lowest BCUT2D eigenvalue weighted by atomic mass is 9.98. The number of methoxy groups -OCH3 is 3. The van der Waals surface area contributed by atoms with Crippen molar-refractivity contribution in [3.63, 3.8) is 0 Å². The molecular formula is C23H21ClN2O6. The van der Waals surface area contributed by atoms with E-state index in [1.54, 1.807) is 29.2 Å². The quantitative estimate of drug-likeness (QED) is 0.440. The fraction of sp³-hybridized carbons (Fsp3) is 0.261. The highest BCUT2D eigenvalue weighted by atomic mass is 35.5. The Bertz CT molecular complexity index is 1360. The second-order valence-electron chi connectivity index (χ2n) is 7.57. The van der Waals surface area contributed by atoms with Crippen molar-refractivity contribution in [2.75, 3.05) is 32.8 Å². The second-order valence-corrected chi connectivity index (χ2v) is 8.18. The molecule has 5 rings (SSSR count). The molecule has 0 radical (unpaired) electrons. The van der Waals surface area contributed by atoms with Crippen LogP contribution in [0.2, 0.25) is 0 Å². The van der Waals surface area contributed by atoms with Crippen LogP contribution in [0.4, 0.5) is 5.69 Å². The van der Waals surface area contributed by atoms with Crippen molar-refractivity contribution in [3.8, 4) is 23.0 Å². The first kappa shape index (κ1) is 20.4. The molecule has 1 aliphatic heterocycles. The van der Waals surface area contributed by atoms with Crippen LogP contribution in [0.3, 0.4) is 0 Å². The largest absolute Gasteiger partial charge is 0.507 e. The van der Waals surface area contributed by atoms with Gasteiger partial charge in [-0.3, -0.25) is 4.79 Å². The Morgan fingerprint density at radius 3 is 2.69 bits per heavy atom. The number of phenolic OH excluding ortho intramolecular Hbond substituents is 1. The molecule has 1 unspecified atom stereocenters. The van der Waals surface area contributed by atoms with Crippen molar-refractivity contribution in [2.24, 2.45) is 0 Å². The van der Waals surface area contributed by atoms with Crippen molar-refractivity contribution in [2.45, 2.75) is 11.8 Å². The molecule has 0 saturated carbocycles. The third kappa shape index (κ3) is 2.94. The number of hydrogen-bond acceptors (Lipinski definition) is 6. The van der Waals surface area contributed by atoms with E-state index in [2.05, 4.69) is 4.98 Å². The van der Waals surface area contributed by atoms with Gasteiger partial charge >= 0.3 is 0 Å². The summed E-state index contributed by atoms with van der Waals surface area (Å²) in [4.78, 5) is 18.3. The van der Waals surface area contributed by atoms with Gasteiger partial charge in [0.15, 0.2) is 11.5 Å². The molecular weight excluding hydrogens is 436 g/mol. The van der Waals surface area contributed by atoms with E-state index in [0.717, 1.165) is 10.9 Å². The Morgan fingerprint density at radius 2 is 1.97 bits per heavy atom. The standard InChI is InChI=1S/C23H21ClN2O6/c1-29-18-7-11-6-15(25-19(11)22(31-3)21(18)30-2)23(28)26-10-12(24)8-14-16(26)9-17(27)13-4-5-32-20(13)14/h4-7,9,12,25,27H,8,10H2,1-3H3. The summed E-state index contributed by atoms with van der Waals surface area (Å²) in [6, 6.07) is 6.78. The molecule has 0 aliphatic carbocycles. The number of H-pyrrole nitrogens is 1. The van der Waals surface area contributed by atoms with Gasteiger partial charge in [-0.1, -0.05) is 0 Å². The van der Waals surface area contributed by atoms with Crippen LogP contribution < -0.4 is 19.1 Å². The van der Waals surface area contributed by atoms with Crippen molar-refractivity contribution < 1.29 is 28.5 Å². The zero-order chi connectivity index (χ0) is 22.6.